The normalized spacial score (nSPS) is 18.6. The molecule has 47 heavy (non-hydrogen) atoms. The Morgan fingerprint density at radius 2 is 0.511 bits per heavy atom. The third kappa shape index (κ3) is 5.75. The Morgan fingerprint density at radius 1 is 0.319 bits per heavy atom. The minimum atomic E-state index is -0.256. The molecule has 8 bridgehead atoms. The summed E-state index contributed by atoms with van der Waals surface area (Å²) in [5.41, 5.74) is 7.39. The van der Waals surface area contributed by atoms with Gasteiger partial charge in [-0.1, -0.05) is 27.7 Å². The lowest BCUT2D eigenvalue weighted by Crippen LogP contribution is -2.11. The van der Waals surface area contributed by atoms with Crippen molar-refractivity contribution in [3.8, 4) is 46.0 Å². The van der Waals surface area contributed by atoms with Crippen molar-refractivity contribution in [1.29, 1.82) is 0 Å². The molecule has 8 nitrogen and oxygen atoms in total. The standard InChI is InChI=1S/C39H46O8/c1-20-24-12-25(33(41-5)16-32(24)40)21(2)28-14-29(37(45-9)18-36(28)44-8)23(4)31-15-30(38(46-10)19-39(31)47-11)22(3)27-13-26(20)34(42-6)17-35(27)43-7/h12-23,40H,1-11H3/t20-,21-,22-,23-/m1/s1. The first-order chi connectivity index (χ1) is 22.6. The highest BCUT2D eigenvalue weighted by molar-refractivity contribution is 5.62. The molecule has 4 atom stereocenters. The van der Waals surface area contributed by atoms with E-state index in [0.29, 0.717) is 40.2 Å². The van der Waals surface area contributed by atoms with E-state index in [1.54, 1.807) is 55.8 Å². The van der Waals surface area contributed by atoms with Crippen LogP contribution in [0.1, 0.15) is 95.9 Å². The molecule has 1 N–H and O–H groups in total. The summed E-state index contributed by atoms with van der Waals surface area (Å²) in [5, 5.41) is 11.4. The topological polar surface area (TPSA) is 84.8 Å². The fraction of sp³-hybridized carbons (Fsp3) is 0.385. The second-order valence-corrected chi connectivity index (χ2v) is 12.0. The van der Waals surface area contributed by atoms with Crippen molar-refractivity contribution in [3.63, 3.8) is 0 Å². The molecule has 8 heteroatoms. The van der Waals surface area contributed by atoms with Gasteiger partial charge in [-0.15, -0.1) is 0 Å². The van der Waals surface area contributed by atoms with E-state index in [1.807, 2.05) is 24.3 Å². The second-order valence-electron chi connectivity index (χ2n) is 12.0. The lowest BCUT2D eigenvalue weighted by Gasteiger charge is -2.28. The maximum atomic E-state index is 11.4. The first-order valence-corrected chi connectivity index (χ1v) is 15.7. The molecule has 0 aromatic heterocycles. The third-order valence-corrected chi connectivity index (χ3v) is 9.86. The van der Waals surface area contributed by atoms with Crippen molar-refractivity contribution in [3.05, 3.63) is 93.0 Å². The molecule has 1 aliphatic rings. The van der Waals surface area contributed by atoms with Crippen molar-refractivity contribution in [1.82, 2.24) is 0 Å². The Morgan fingerprint density at radius 3 is 0.745 bits per heavy atom. The summed E-state index contributed by atoms with van der Waals surface area (Å²) in [7, 11) is 11.6. The molecular weight excluding hydrogens is 596 g/mol. The highest BCUT2D eigenvalue weighted by Gasteiger charge is 2.30. The first kappa shape index (κ1) is 33.6. The van der Waals surface area contributed by atoms with Crippen molar-refractivity contribution >= 4 is 0 Å². The smallest absolute Gasteiger partial charge is 0.126 e. The van der Waals surface area contributed by atoms with Gasteiger partial charge in [0.1, 0.15) is 46.0 Å². The van der Waals surface area contributed by atoms with Crippen LogP contribution in [-0.4, -0.2) is 54.9 Å². The molecule has 0 saturated carbocycles. The summed E-state index contributed by atoms with van der Waals surface area (Å²) in [6.07, 6.45) is 0. The van der Waals surface area contributed by atoms with E-state index in [-0.39, 0.29) is 29.4 Å². The lowest BCUT2D eigenvalue weighted by molar-refractivity contribution is 0.379. The van der Waals surface area contributed by atoms with E-state index >= 15 is 0 Å². The number of aromatic hydroxyl groups is 1. The van der Waals surface area contributed by atoms with Crippen LogP contribution in [-0.2, 0) is 0 Å². The number of rotatable bonds is 7. The second kappa shape index (κ2) is 13.6. The summed E-state index contributed by atoms with van der Waals surface area (Å²) in [5.74, 6) is 4.12. The number of ether oxygens (including phenoxy) is 7. The van der Waals surface area contributed by atoms with Crippen LogP contribution in [0.15, 0.2) is 48.5 Å². The van der Waals surface area contributed by atoms with E-state index < -0.39 is 0 Å². The largest absolute Gasteiger partial charge is 0.508 e. The van der Waals surface area contributed by atoms with Gasteiger partial charge in [0.15, 0.2) is 0 Å². The average molecular weight is 643 g/mol. The van der Waals surface area contributed by atoms with Crippen LogP contribution < -0.4 is 33.2 Å². The zero-order valence-electron chi connectivity index (χ0n) is 29.2. The van der Waals surface area contributed by atoms with E-state index in [1.165, 1.54) is 0 Å². The minimum absolute atomic E-state index is 0.136. The Kier molecular flexibility index (Phi) is 9.70. The van der Waals surface area contributed by atoms with Crippen molar-refractivity contribution < 1.29 is 38.3 Å². The average Bonchev–Trinajstić information content (AvgIpc) is 3.11. The van der Waals surface area contributed by atoms with Gasteiger partial charge in [-0.05, 0) is 24.3 Å². The molecule has 0 fully saturated rings. The number of methoxy groups -OCH3 is 7. The zero-order valence-corrected chi connectivity index (χ0v) is 29.2. The van der Waals surface area contributed by atoms with Crippen LogP contribution in [0.25, 0.3) is 0 Å². The summed E-state index contributed by atoms with van der Waals surface area (Å²) in [6, 6.07) is 16.0. The van der Waals surface area contributed by atoms with Crippen LogP contribution >= 0.6 is 0 Å². The molecule has 5 rings (SSSR count). The van der Waals surface area contributed by atoms with Gasteiger partial charge in [0.25, 0.3) is 0 Å². The Balaban J connectivity index is 1.94. The summed E-state index contributed by atoms with van der Waals surface area (Å²) >= 11 is 0. The highest BCUT2D eigenvalue weighted by Crippen LogP contribution is 2.50. The molecule has 250 valence electrons. The van der Waals surface area contributed by atoms with Gasteiger partial charge in [-0.3, -0.25) is 0 Å². The Labute approximate surface area is 278 Å². The van der Waals surface area contributed by atoms with Crippen LogP contribution in [0.4, 0.5) is 0 Å². The fourth-order valence-corrected chi connectivity index (χ4v) is 7.01. The predicted octanol–water partition coefficient (Wildman–Crippen LogP) is 8.37. The number of hydrogen-bond acceptors (Lipinski definition) is 8. The molecule has 0 amide bonds. The number of hydrogen-bond donors (Lipinski definition) is 1. The number of phenolic OH excluding ortho intramolecular Hbond substituents is 1. The quantitative estimate of drug-likeness (QED) is 0.215. The van der Waals surface area contributed by atoms with Gasteiger partial charge < -0.3 is 38.3 Å². The molecule has 4 aromatic carbocycles. The predicted molar refractivity (Wildman–Crippen MR) is 183 cm³/mol. The first-order valence-electron chi connectivity index (χ1n) is 15.7. The summed E-state index contributed by atoms with van der Waals surface area (Å²) in [4.78, 5) is 0. The molecule has 0 spiro atoms. The van der Waals surface area contributed by atoms with Crippen molar-refractivity contribution in [2.45, 2.75) is 51.4 Å². The molecule has 0 unspecified atom stereocenters. The van der Waals surface area contributed by atoms with Crippen LogP contribution in [0, 0.1) is 0 Å². The SMILES string of the molecule is COc1cc(O)c2cc1[C@@H](C)c1cc(c(OC)cc1OC)[C@@H](C)c1cc(c(OC)cc1OC)[C@H](C)c1cc(c(OC)cc1OC)[C@@H]2C. The molecule has 0 radical (unpaired) electrons. The van der Waals surface area contributed by atoms with Crippen LogP contribution in [0.5, 0.6) is 46.0 Å². The maximum Gasteiger partial charge on any atom is 0.126 e. The zero-order chi connectivity index (χ0) is 34.2. The van der Waals surface area contributed by atoms with E-state index in [0.717, 1.165) is 44.5 Å². The van der Waals surface area contributed by atoms with E-state index in [9.17, 15) is 5.11 Å². The molecule has 4 aromatic rings. The number of benzene rings is 4. The molecule has 0 saturated heterocycles. The molecular formula is C39H46O8. The molecule has 0 heterocycles. The van der Waals surface area contributed by atoms with Gasteiger partial charge in [0.05, 0.1) is 49.8 Å². The van der Waals surface area contributed by atoms with Gasteiger partial charge in [-0.25, -0.2) is 0 Å². The number of phenols is 1. The molecule has 1 aliphatic carbocycles. The fourth-order valence-electron chi connectivity index (χ4n) is 7.01. The third-order valence-electron chi connectivity index (χ3n) is 9.86. The van der Waals surface area contributed by atoms with Gasteiger partial charge in [0, 0.05) is 92.4 Å². The van der Waals surface area contributed by atoms with E-state index in [4.69, 9.17) is 33.2 Å². The van der Waals surface area contributed by atoms with Crippen LogP contribution in [0.2, 0.25) is 0 Å². The van der Waals surface area contributed by atoms with E-state index in [2.05, 4.69) is 45.9 Å². The van der Waals surface area contributed by atoms with Crippen LogP contribution in [0.3, 0.4) is 0 Å². The maximum absolute atomic E-state index is 11.4. The minimum Gasteiger partial charge on any atom is -0.508 e. The van der Waals surface area contributed by atoms with Gasteiger partial charge in [-0.2, -0.15) is 0 Å². The monoisotopic (exact) mass is 642 g/mol. The highest BCUT2D eigenvalue weighted by atomic mass is 16.5. The summed E-state index contributed by atoms with van der Waals surface area (Å²) < 4.78 is 41.5. The van der Waals surface area contributed by atoms with Gasteiger partial charge in [0.2, 0.25) is 0 Å². The van der Waals surface area contributed by atoms with Crippen molar-refractivity contribution in [2.24, 2.45) is 0 Å². The molecule has 0 aliphatic heterocycles. The number of fused-ring (bicyclic) bond motifs is 8. The summed E-state index contributed by atoms with van der Waals surface area (Å²) in [6.45, 7) is 8.47. The Bertz CT molecular complexity index is 1770. The Hall–Kier alpha value is -4.72. The van der Waals surface area contributed by atoms with Gasteiger partial charge >= 0.3 is 0 Å². The lowest BCUT2D eigenvalue weighted by atomic mass is 9.80. The van der Waals surface area contributed by atoms with Crippen molar-refractivity contribution in [2.75, 3.05) is 49.8 Å².